The van der Waals surface area contributed by atoms with Crippen LogP contribution in [-0.4, -0.2) is 27.7 Å². The van der Waals surface area contributed by atoms with Gasteiger partial charge in [-0.15, -0.1) is 0 Å². The number of carbonyl (C=O) groups is 2. The van der Waals surface area contributed by atoms with Gasteiger partial charge in [0.1, 0.15) is 4.92 Å². The molecule has 1 aromatic rings. The number of amides is 1. The second-order valence-electron chi connectivity index (χ2n) is 3.38. The summed E-state index contributed by atoms with van der Waals surface area (Å²) in [6, 6.07) is 1.77. The summed E-state index contributed by atoms with van der Waals surface area (Å²) in [5, 5.41) is 12.7. The van der Waals surface area contributed by atoms with Gasteiger partial charge in [-0.05, 0) is 12.5 Å². The first-order valence-electron chi connectivity index (χ1n) is 4.79. The number of hydrogen-bond acceptors (Lipinski definition) is 6. The molecule has 0 aromatic carbocycles. The highest BCUT2D eigenvalue weighted by molar-refractivity contribution is 8.14. The zero-order valence-electron chi connectivity index (χ0n) is 8.54. The molecule has 1 N–H and O–H groups in total. The Hall–Kier alpha value is -1.83. The fraction of sp³-hybridized carbons (Fsp3) is 0.333. The minimum absolute atomic E-state index is 0.0978. The summed E-state index contributed by atoms with van der Waals surface area (Å²) in [6.07, 6.45) is 0.568. The summed E-state index contributed by atoms with van der Waals surface area (Å²) in [7, 11) is 0. The third kappa shape index (κ3) is 2.47. The van der Waals surface area contributed by atoms with Crippen LogP contribution >= 0.6 is 11.8 Å². The maximum absolute atomic E-state index is 11.6. The minimum Gasteiger partial charge on any atom is -0.395 e. The summed E-state index contributed by atoms with van der Waals surface area (Å²) < 4.78 is 4.72. The molecule has 0 spiro atoms. The molecule has 1 fully saturated rings. The molecule has 0 bridgehead atoms. The second-order valence-corrected chi connectivity index (χ2v) is 4.48. The van der Waals surface area contributed by atoms with E-state index in [9.17, 15) is 19.7 Å². The van der Waals surface area contributed by atoms with Crippen LogP contribution in [0.3, 0.4) is 0 Å². The van der Waals surface area contributed by atoms with Gasteiger partial charge >= 0.3 is 5.88 Å². The van der Waals surface area contributed by atoms with E-state index in [1.807, 2.05) is 0 Å². The van der Waals surface area contributed by atoms with Crippen molar-refractivity contribution in [2.75, 3.05) is 5.75 Å². The Bertz CT molecular complexity index is 483. The number of nitrogens with zero attached hydrogens (tertiary/aromatic N) is 1. The lowest BCUT2D eigenvalue weighted by Gasteiger charge is -2.07. The first-order chi connectivity index (χ1) is 8.08. The van der Waals surface area contributed by atoms with Gasteiger partial charge in [0.15, 0.2) is 5.76 Å². The van der Waals surface area contributed by atoms with Crippen LogP contribution in [0.15, 0.2) is 16.5 Å². The monoisotopic (exact) mass is 256 g/mol. The Labute approximate surface area is 99.7 Å². The van der Waals surface area contributed by atoms with Gasteiger partial charge in [0, 0.05) is 5.75 Å². The number of thioether (sulfide) groups is 1. The fourth-order valence-corrected chi connectivity index (χ4v) is 2.34. The number of nitro groups is 1. The average Bonchev–Trinajstić information content (AvgIpc) is 2.88. The standard InChI is InChI=1S/C9H8N2O5S/c12-8(10-5-3-4-17-9(5)13)6-1-2-7(16-6)11(14)15/h1-2,5H,3-4H2,(H,10,12). The Morgan fingerprint density at radius 2 is 2.35 bits per heavy atom. The molecular formula is C9H8N2O5S. The number of furan rings is 1. The van der Waals surface area contributed by atoms with Crippen molar-refractivity contribution in [1.82, 2.24) is 5.32 Å². The Morgan fingerprint density at radius 3 is 2.88 bits per heavy atom. The van der Waals surface area contributed by atoms with Crippen LogP contribution in [0.25, 0.3) is 0 Å². The molecule has 2 heterocycles. The normalized spacial score (nSPS) is 19.3. The van der Waals surface area contributed by atoms with Gasteiger partial charge in [-0.25, -0.2) is 0 Å². The predicted molar refractivity (Wildman–Crippen MR) is 58.7 cm³/mol. The van der Waals surface area contributed by atoms with Crippen LogP contribution < -0.4 is 5.32 Å². The smallest absolute Gasteiger partial charge is 0.395 e. The topological polar surface area (TPSA) is 102 Å². The second kappa shape index (κ2) is 4.58. The molecule has 0 radical (unpaired) electrons. The van der Waals surface area contributed by atoms with E-state index in [0.29, 0.717) is 12.2 Å². The van der Waals surface area contributed by atoms with Crippen LogP contribution in [0.1, 0.15) is 17.0 Å². The molecular weight excluding hydrogens is 248 g/mol. The highest BCUT2D eigenvalue weighted by Crippen LogP contribution is 2.21. The first-order valence-corrected chi connectivity index (χ1v) is 5.78. The molecule has 7 nitrogen and oxygen atoms in total. The third-order valence-electron chi connectivity index (χ3n) is 2.24. The lowest BCUT2D eigenvalue weighted by atomic mass is 10.2. The van der Waals surface area contributed by atoms with Crippen LogP contribution in [-0.2, 0) is 4.79 Å². The molecule has 17 heavy (non-hydrogen) atoms. The van der Waals surface area contributed by atoms with E-state index < -0.39 is 22.8 Å². The largest absolute Gasteiger partial charge is 0.433 e. The van der Waals surface area contributed by atoms with Crippen molar-refractivity contribution >= 4 is 28.7 Å². The lowest BCUT2D eigenvalue weighted by Crippen LogP contribution is -2.36. The molecule has 1 aliphatic heterocycles. The Morgan fingerprint density at radius 1 is 1.59 bits per heavy atom. The van der Waals surface area contributed by atoms with Gasteiger partial charge in [0.05, 0.1) is 12.1 Å². The number of rotatable bonds is 3. The minimum atomic E-state index is -0.729. The van der Waals surface area contributed by atoms with E-state index in [2.05, 4.69) is 5.32 Å². The lowest BCUT2D eigenvalue weighted by molar-refractivity contribution is -0.402. The highest BCUT2D eigenvalue weighted by Gasteiger charge is 2.28. The quantitative estimate of drug-likeness (QED) is 0.638. The van der Waals surface area contributed by atoms with E-state index >= 15 is 0 Å². The van der Waals surface area contributed by atoms with Crippen molar-refractivity contribution in [3.05, 3.63) is 28.0 Å². The number of carbonyl (C=O) groups excluding carboxylic acids is 2. The summed E-state index contributed by atoms with van der Waals surface area (Å²) in [6.45, 7) is 0. The van der Waals surface area contributed by atoms with Gasteiger partial charge < -0.3 is 9.73 Å². The molecule has 1 amide bonds. The van der Waals surface area contributed by atoms with Crippen LogP contribution in [0.2, 0.25) is 0 Å². The maximum atomic E-state index is 11.6. The van der Waals surface area contributed by atoms with E-state index in [4.69, 9.17) is 4.42 Å². The zero-order valence-corrected chi connectivity index (χ0v) is 9.36. The molecule has 2 rings (SSSR count). The van der Waals surface area contributed by atoms with E-state index in [1.54, 1.807) is 0 Å². The Kier molecular flexibility index (Phi) is 3.14. The number of nitrogens with one attached hydrogen (secondary N) is 1. The van der Waals surface area contributed by atoms with Crippen molar-refractivity contribution in [3.63, 3.8) is 0 Å². The highest BCUT2D eigenvalue weighted by atomic mass is 32.2. The first kappa shape index (κ1) is 11.6. The van der Waals surface area contributed by atoms with Gasteiger partial charge in [-0.1, -0.05) is 11.8 Å². The molecule has 8 heteroatoms. The molecule has 1 saturated heterocycles. The summed E-state index contributed by atoms with van der Waals surface area (Å²) in [5.41, 5.74) is 0. The summed E-state index contributed by atoms with van der Waals surface area (Å²) >= 11 is 1.16. The molecule has 0 aliphatic carbocycles. The fourth-order valence-electron chi connectivity index (χ4n) is 1.40. The van der Waals surface area contributed by atoms with Crippen LogP contribution in [0.5, 0.6) is 0 Å². The average molecular weight is 256 g/mol. The molecule has 90 valence electrons. The summed E-state index contributed by atoms with van der Waals surface area (Å²) in [4.78, 5) is 32.5. The van der Waals surface area contributed by atoms with Crippen molar-refractivity contribution in [2.45, 2.75) is 12.5 Å². The number of hydrogen-bond donors (Lipinski definition) is 1. The summed E-state index contributed by atoms with van der Waals surface area (Å²) in [5.74, 6) is -0.607. The van der Waals surface area contributed by atoms with Crippen molar-refractivity contribution in [2.24, 2.45) is 0 Å². The van der Waals surface area contributed by atoms with Crippen molar-refractivity contribution in [3.8, 4) is 0 Å². The Balaban J connectivity index is 2.04. The van der Waals surface area contributed by atoms with Crippen molar-refractivity contribution in [1.29, 1.82) is 0 Å². The van der Waals surface area contributed by atoms with Crippen LogP contribution in [0.4, 0.5) is 5.88 Å². The van der Waals surface area contributed by atoms with Gasteiger partial charge in [-0.2, -0.15) is 0 Å². The van der Waals surface area contributed by atoms with E-state index in [1.165, 1.54) is 6.07 Å². The molecule has 1 aromatic heterocycles. The molecule has 0 saturated carbocycles. The van der Waals surface area contributed by atoms with E-state index in [0.717, 1.165) is 17.8 Å². The molecule has 1 atom stereocenters. The zero-order chi connectivity index (χ0) is 12.4. The van der Waals surface area contributed by atoms with E-state index in [-0.39, 0.29) is 10.9 Å². The van der Waals surface area contributed by atoms with Crippen molar-refractivity contribution < 1.29 is 18.9 Å². The van der Waals surface area contributed by atoms with Gasteiger partial charge in [-0.3, -0.25) is 19.7 Å². The molecule has 1 unspecified atom stereocenters. The predicted octanol–water partition coefficient (Wildman–Crippen LogP) is 0.950. The molecule has 1 aliphatic rings. The van der Waals surface area contributed by atoms with Gasteiger partial charge in [0.2, 0.25) is 5.12 Å². The maximum Gasteiger partial charge on any atom is 0.433 e. The van der Waals surface area contributed by atoms with Crippen LogP contribution in [0, 0.1) is 10.1 Å². The van der Waals surface area contributed by atoms with Gasteiger partial charge in [0.25, 0.3) is 5.91 Å². The third-order valence-corrected chi connectivity index (χ3v) is 3.25. The SMILES string of the molecule is O=C(NC1CCSC1=O)c1ccc([N+](=O)[O-])o1.